The molecule has 2 aromatic rings. The number of nitrogens with two attached hydrogens (primary N) is 1. The Balaban J connectivity index is 1.86. The molecule has 0 aliphatic carbocycles. The number of hydrogen-bond acceptors (Lipinski definition) is 6. The van der Waals surface area contributed by atoms with E-state index in [0.717, 1.165) is 6.42 Å². The number of benzene rings is 1. The van der Waals surface area contributed by atoms with Gasteiger partial charge in [0.2, 0.25) is 5.88 Å². The van der Waals surface area contributed by atoms with Gasteiger partial charge in [0.25, 0.3) is 5.91 Å². The summed E-state index contributed by atoms with van der Waals surface area (Å²) in [7, 11) is 1.46. The topological polar surface area (TPSA) is 102 Å². The Kier molecular flexibility index (Phi) is 5.07. The predicted octanol–water partition coefficient (Wildman–Crippen LogP) is 2.88. The standard InChI is InChI=1S/C19H22FN5O2/c1-11-6-7-19(2,25-17(11)21)13-8-12(4-5-14(13)20)24-18(26)15-9-23-16(27-3)10-22-15/h4-5,8-11H,6-7H2,1-3H3,(H2,21,25)(H,24,26)/t11-,19-/m0/s1. The molecule has 3 N–H and O–H groups in total. The SMILES string of the molecule is COc1cnc(C(=O)Nc2ccc(F)c([C@]3(C)CC[C@H](C)C(N)=N3)c2)cn1. The van der Waals surface area contributed by atoms with E-state index in [-0.39, 0.29) is 17.4 Å². The van der Waals surface area contributed by atoms with Crippen molar-refractivity contribution in [3.8, 4) is 5.88 Å². The minimum atomic E-state index is -0.763. The summed E-state index contributed by atoms with van der Waals surface area (Å²) >= 11 is 0. The quantitative estimate of drug-likeness (QED) is 0.860. The molecule has 0 saturated carbocycles. The molecule has 8 heteroatoms. The third kappa shape index (κ3) is 3.89. The summed E-state index contributed by atoms with van der Waals surface area (Å²) in [6.07, 6.45) is 4.16. The number of halogens is 1. The van der Waals surface area contributed by atoms with Crippen LogP contribution in [0.1, 0.15) is 42.7 Å². The number of rotatable bonds is 4. The van der Waals surface area contributed by atoms with E-state index in [9.17, 15) is 9.18 Å². The Morgan fingerprint density at radius 3 is 2.78 bits per heavy atom. The second kappa shape index (κ2) is 7.30. The normalized spacial score (nSPS) is 22.1. The Labute approximate surface area is 156 Å². The fourth-order valence-electron chi connectivity index (χ4n) is 3.04. The zero-order valence-corrected chi connectivity index (χ0v) is 15.5. The van der Waals surface area contributed by atoms with Gasteiger partial charge >= 0.3 is 0 Å². The van der Waals surface area contributed by atoms with Gasteiger partial charge in [-0.1, -0.05) is 6.92 Å². The fraction of sp³-hybridized carbons (Fsp3) is 0.368. The number of carbonyl (C=O) groups is 1. The number of ether oxygens (including phenoxy) is 1. The number of hydrogen-bond donors (Lipinski definition) is 2. The molecule has 1 amide bonds. The lowest BCUT2D eigenvalue weighted by molar-refractivity contribution is 0.102. The van der Waals surface area contributed by atoms with Gasteiger partial charge in [0.15, 0.2) is 0 Å². The average molecular weight is 371 g/mol. The van der Waals surface area contributed by atoms with Crippen LogP contribution in [0, 0.1) is 11.7 Å². The first kappa shape index (κ1) is 18.8. The lowest BCUT2D eigenvalue weighted by Crippen LogP contribution is -2.35. The van der Waals surface area contributed by atoms with Gasteiger partial charge in [-0.25, -0.2) is 14.4 Å². The number of nitrogens with zero attached hydrogens (tertiary/aromatic N) is 3. The lowest BCUT2D eigenvalue weighted by atomic mass is 9.82. The van der Waals surface area contributed by atoms with E-state index in [2.05, 4.69) is 20.3 Å². The number of nitrogens with one attached hydrogen (secondary N) is 1. The predicted molar refractivity (Wildman–Crippen MR) is 100 cm³/mol. The van der Waals surface area contributed by atoms with E-state index in [4.69, 9.17) is 10.5 Å². The van der Waals surface area contributed by atoms with Crippen LogP contribution in [0.25, 0.3) is 0 Å². The Morgan fingerprint density at radius 1 is 1.37 bits per heavy atom. The highest BCUT2D eigenvalue weighted by atomic mass is 19.1. The molecule has 2 heterocycles. The molecule has 0 spiro atoms. The number of methoxy groups -OCH3 is 1. The highest BCUT2D eigenvalue weighted by Crippen LogP contribution is 2.38. The van der Waals surface area contributed by atoms with Gasteiger partial charge in [0.05, 0.1) is 30.9 Å². The van der Waals surface area contributed by atoms with E-state index in [1.807, 2.05) is 13.8 Å². The van der Waals surface area contributed by atoms with Crippen LogP contribution in [0.4, 0.5) is 10.1 Å². The smallest absolute Gasteiger partial charge is 0.275 e. The third-order valence-corrected chi connectivity index (χ3v) is 4.82. The van der Waals surface area contributed by atoms with Crippen molar-refractivity contribution >= 4 is 17.4 Å². The molecule has 3 rings (SSSR count). The highest BCUT2D eigenvalue weighted by Gasteiger charge is 2.34. The number of aromatic nitrogens is 2. The third-order valence-electron chi connectivity index (χ3n) is 4.82. The van der Waals surface area contributed by atoms with E-state index in [1.165, 1.54) is 31.6 Å². The first-order chi connectivity index (χ1) is 12.8. The van der Waals surface area contributed by atoms with Crippen LogP contribution in [0.3, 0.4) is 0 Å². The van der Waals surface area contributed by atoms with Crippen LogP contribution in [-0.4, -0.2) is 28.8 Å². The Morgan fingerprint density at radius 2 is 2.15 bits per heavy atom. The molecule has 27 heavy (non-hydrogen) atoms. The van der Waals surface area contributed by atoms with Crippen LogP contribution >= 0.6 is 0 Å². The van der Waals surface area contributed by atoms with Crippen molar-refractivity contribution in [1.29, 1.82) is 0 Å². The number of anilines is 1. The van der Waals surface area contributed by atoms with Gasteiger partial charge in [-0.2, -0.15) is 0 Å². The van der Waals surface area contributed by atoms with Crippen LogP contribution in [-0.2, 0) is 5.54 Å². The monoisotopic (exact) mass is 371 g/mol. The summed E-state index contributed by atoms with van der Waals surface area (Å²) in [5, 5.41) is 2.71. The summed E-state index contributed by atoms with van der Waals surface area (Å²) in [6, 6.07) is 4.41. The van der Waals surface area contributed by atoms with Gasteiger partial charge in [-0.15, -0.1) is 0 Å². The minimum absolute atomic E-state index is 0.127. The molecule has 1 aromatic carbocycles. The minimum Gasteiger partial charge on any atom is -0.480 e. The zero-order chi connectivity index (χ0) is 19.6. The van der Waals surface area contributed by atoms with E-state index in [0.29, 0.717) is 29.4 Å². The first-order valence-corrected chi connectivity index (χ1v) is 8.65. The molecular weight excluding hydrogens is 349 g/mol. The van der Waals surface area contributed by atoms with Gasteiger partial charge in [-0.05, 0) is 38.0 Å². The van der Waals surface area contributed by atoms with Gasteiger partial charge in [0.1, 0.15) is 11.5 Å². The molecular formula is C19H22FN5O2. The molecule has 0 fully saturated rings. The summed E-state index contributed by atoms with van der Waals surface area (Å²) in [4.78, 5) is 24.8. The van der Waals surface area contributed by atoms with Crippen LogP contribution in [0.5, 0.6) is 5.88 Å². The molecule has 0 bridgehead atoms. The van der Waals surface area contributed by atoms with Crippen molar-refractivity contribution in [3.05, 3.63) is 47.7 Å². The molecule has 1 aliphatic heterocycles. The molecule has 1 aromatic heterocycles. The second-order valence-electron chi connectivity index (χ2n) is 6.84. The molecule has 142 valence electrons. The van der Waals surface area contributed by atoms with Crippen molar-refractivity contribution in [3.63, 3.8) is 0 Å². The molecule has 2 atom stereocenters. The number of aliphatic imine (C=N–C) groups is 1. The van der Waals surface area contributed by atoms with Crippen molar-refractivity contribution < 1.29 is 13.9 Å². The van der Waals surface area contributed by atoms with Crippen LogP contribution in [0.15, 0.2) is 35.6 Å². The molecule has 1 aliphatic rings. The van der Waals surface area contributed by atoms with Crippen molar-refractivity contribution in [2.24, 2.45) is 16.6 Å². The summed E-state index contributed by atoms with van der Waals surface area (Å²) in [5.41, 5.74) is 6.20. The maximum atomic E-state index is 14.5. The van der Waals surface area contributed by atoms with E-state index >= 15 is 0 Å². The van der Waals surface area contributed by atoms with Crippen molar-refractivity contribution in [2.45, 2.75) is 32.2 Å². The Bertz CT molecular complexity index is 884. The Hall–Kier alpha value is -3.03. The van der Waals surface area contributed by atoms with Crippen molar-refractivity contribution in [2.75, 3.05) is 12.4 Å². The summed E-state index contributed by atoms with van der Waals surface area (Å²) in [5.74, 6) is 0.174. The fourth-order valence-corrected chi connectivity index (χ4v) is 3.04. The molecule has 7 nitrogen and oxygen atoms in total. The lowest BCUT2D eigenvalue weighted by Gasteiger charge is -2.33. The molecule has 0 saturated heterocycles. The summed E-state index contributed by atoms with van der Waals surface area (Å²) < 4.78 is 19.4. The molecule has 0 unspecified atom stereocenters. The molecule has 0 radical (unpaired) electrons. The number of amidine groups is 1. The zero-order valence-electron chi connectivity index (χ0n) is 15.5. The maximum absolute atomic E-state index is 14.5. The van der Waals surface area contributed by atoms with Gasteiger partial charge in [0, 0.05) is 17.2 Å². The van der Waals surface area contributed by atoms with Gasteiger partial charge < -0.3 is 15.8 Å². The van der Waals surface area contributed by atoms with Crippen molar-refractivity contribution in [1.82, 2.24) is 9.97 Å². The van der Waals surface area contributed by atoms with Crippen LogP contribution in [0.2, 0.25) is 0 Å². The average Bonchev–Trinajstić information content (AvgIpc) is 2.66. The van der Waals surface area contributed by atoms with Crippen LogP contribution < -0.4 is 15.8 Å². The van der Waals surface area contributed by atoms with E-state index < -0.39 is 11.4 Å². The maximum Gasteiger partial charge on any atom is 0.275 e. The van der Waals surface area contributed by atoms with E-state index in [1.54, 1.807) is 6.07 Å². The summed E-state index contributed by atoms with van der Waals surface area (Å²) in [6.45, 7) is 3.85. The number of carbonyl (C=O) groups excluding carboxylic acids is 1. The van der Waals surface area contributed by atoms with Gasteiger partial charge in [-0.3, -0.25) is 9.79 Å². The number of amides is 1. The highest BCUT2D eigenvalue weighted by molar-refractivity contribution is 6.02. The second-order valence-corrected chi connectivity index (χ2v) is 6.84. The largest absolute Gasteiger partial charge is 0.480 e. The first-order valence-electron chi connectivity index (χ1n) is 8.65.